The third-order valence-corrected chi connectivity index (χ3v) is 3.63. The van der Waals surface area contributed by atoms with Crippen LogP contribution in [0.2, 0.25) is 0 Å². The van der Waals surface area contributed by atoms with Gasteiger partial charge < -0.3 is 5.32 Å². The van der Waals surface area contributed by atoms with Crippen LogP contribution in [0.1, 0.15) is 24.6 Å². The van der Waals surface area contributed by atoms with Gasteiger partial charge in [-0.3, -0.25) is 0 Å². The van der Waals surface area contributed by atoms with Crippen LogP contribution in [-0.4, -0.2) is 11.5 Å². The van der Waals surface area contributed by atoms with Gasteiger partial charge in [0.15, 0.2) is 0 Å². The van der Waals surface area contributed by atoms with Gasteiger partial charge in [-0.05, 0) is 31.5 Å². The molecule has 2 aromatic rings. The van der Waals surface area contributed by atoms with Crippen molar-refractivity contribution in [1.29, 1.82) is 0 Å². The van der Waals surface area contributed by atoms with Crippen LogP contribution in [0.15, 0.2) is 23.6 Å². The van der Waals surface area contributed by atoms with Crippen LogP contribution < -0.4 is 5.32 Å². The number of rotatable bonds is 5. The Morgan fingerprint density at radius 3 is 3.00 bits per heavy atom. The molecule has 1 heterocycles. The molecular weight excluding hydrogens is 247 g/mol. The van der Waals surface area contributed by atoms with Gasteiger partial charge in [-0.25, -0.2) is 9.37 Å². The fourth-order valence-corrected chi connectivity index (χ4v) is 2.56. The molecule has 18 heavy (non-hydrogen) atoms. The van der Waals surface area contributed by atoms with E-state index in [0.717, 1.165) is 30.2 Å². The second kappa shape index (κ2) is 6.07. The van der Waals surface area contributed by atoms with Gasteiger partial charge in [0, 0.05) is 17.5 Å². The minimum Gasteiger partial charge on any atom is -0.311 e. The average Bonchev–Trinajstić information content (AvgIpc) is 2.82. The topological polar surface area (TPSA) is 24.9 Å². The van der Waals surface area contributed by atoms with Gasteiger partial charge in [0.1, 0.15) is 10.8 Å². The summed E-state index contributed by atoms with van der Waals surface area (Å²) in [5, 5.41) is 6.03. The summed E-state index contributed by atoms with van der Waals surface area (Å²) in [6.45, 7) is 5.63. The van der Waals surface area contributed by atoms with Gasteiger partial charge in [-0.1, -0.05) is 19.1 Å². The van der Waals surface area contributed by atoms with Crippen molar-refractivity contribution in [2.75, 3.05) is 6.54 Å². The van der Waals surface area contributed by atoms with Gasteiger partial charge >= 0.3 is 0 Å². The second-order valence-corrected chi connectivity index (χ2v) is 5.12. The first-order valence-electron chi connectivity index (χ1n) is 6.13. The molecule has 1 N–H and O–H groups in total. The Bertz CT molecular complexity index is 522. The first kappa shape index (κ1) is 13.2. The van der Waals surface area contributed by atoms with Crippen molar-refractivity contribution in [1.82, 2.24) is 10.3 Å². The number of halogens is 1. The smallest absolute Gasteiger partial charge is 0.136 e. The van der Waals surface area contributed by atoms with Crippen molar-refractivity contribution in [3.05, 3.63) is 40.7 Å². The van der Waals surface area contributed by atoms with Crippen LogP contribution in [0.25, 0.3) is 10.6 Å². The summed E-state index contributed by atoms with van der Waals surface area (Å²) < 4.78 is 14.0. The SMILES string of the molecule is CCCNCc1csc(-c2cccc(C)c2F)n1. The maximum Gasteiger partial charge on any atom is 0.136 e. The number of nitrogens with zero attached hydrogens (tertiary/aromatic N) is 1. The number of aryl methyl sites for hydroxylation is 1. The van der Waals surface area contributed by atoms with E-state index in [1.807, 2.05) is 11.4 Å². The molecule has 0 saturated heterocycles. The number of hydrogen-bond acceptors (Lipinski definition) is 3. The highest BCUT2D eigenvalue weighted by atomic mass is 32.1. The van der Waals surface area contributed by atoms with E-state index in [0.29, 0.717) is 11.1 Å². The minimum absolute atomic E-state index is 0.167. The first-order chi connectivity index (χ1) is 8.72. The molecule has 0 unspecified atom stereocenters. The number of aromatic nitrogens is 1. The third-order valence-electron chi connectivity index (χ3n) is 2.71. The Hall–Kier alpha value is -1.26. The highest BCUT2D eigenvalue weighted by Gasteiger charge is 2.10. The molecule has 0 fully saturated rings. The van der Waals surface area contributed by atoms with Gasteiger partial charge in [0.25, 0.3) is 0 Å². The molecule has 0 radical (unpaired) electrons. The highest BCUT2D eigenvalue weighted by molar-refractivity contribution is 7.13. The summed E-state index contributed by atoms with van der Waals surface area (Å²) in [5.74, 6) is -0.167. The number of hydrogen-bond donors (Lipinski definition) is 1. The molecule has 0 atom stereocenters. The van der Waals surface area contributed by atoms with Crippen LogP contribution in [0.4, 0.5) is 4.39 Å². The zero-order valence-corrected chi connectivity index (χ0v) is 11.5. The largest absolute Gasteiger partial charge is 0.311 e. The van der Waals surface area contributed by atoms with E-state index >= 15 is 0 Å². The van der Waals surface area contributed by atoms with Gasteiger partial charge in [0.05, 0.1) is 5.69 Å². The van der Waals surface area contributed by atoms with Crippen LogP contribution in [0.5, 0.6) is 0 Å². The molecule has 0 bridgehead atoms. The lowest BCUT2D eigenvalue weighted by molar-refractivity contribution is 0.621. The summed E-state index contributed by atoms with van der Waals surface area (Å²) in [7, 11) is 0. The van der Waals surface area contributed by atoms with Crippen LogP contribution in [0, 0.1) is 12.7 Å². The third kappa shape index (κ3) is 2.94. The second-order valence-electron chi connectivity index (χ2n) is 4.26. The standard InChI is InChI=1S/C14H17FN2S/c1-3-7-16-8-11-9-18-14(17-11)12-6-4-5-10(2)13(12)15/h4-6,9,16H,3,7-8H2,1-2H3. The number of benzene rings is 1. The van der Waals surface area contributed by atoms with Crippen molar-refractivity contribution >= 4 is 11.3 Å². The van der Waals surface area contributed by atoms with Crippen molar-refractivity contribution in [2.24, 2.45) is 0 Å². The predicted octanol–water partition coefficient (Wildman–Crippen LogP) is 3.76. The highest BCUT2D eigenvalue weighted by Crippen LogP contribution is 2.27. The van der Waals surface area contributed by atoms with E-state index in [4.69, 9.17) is 0 Å². The molecule has 4 heteroatoms. The molecule has 0 aliphatic rings. The molecule has 2 rings (SSSR count). The summed E-state index contributed by atoms with van der Waals surface area (Å²) in [5.41, 5.74) is 2.24. The van der Waals surface area contributed by atoms with Gasteiger partial charge in [0.2, 0.25) is 0 Å². The summed E-state index contributed by atoms with van der Waals surface area (Å²) in [6.07, 6.45) is 1.10. The van der Waals surface area contributed by atoms with E-state index in [1.165, 1.54) is 11.3 Å². The van der Waals surface area contributed by atoms with Crippen LogP contribution in [0.3, 0.4) is 0 Å². The Morgan fingerprint density at radius 2 is 2.22 bits per heavy atom. The number of nitrogens with one attached hydrogen (secondary N) is 1. The Kier molecular flexibility index (Phi) is 4.44. The lowest BCUT2D eigenvalue weighted by atomic mass is 10.1. The fraction of sp³-hybridized carbons (Fsp3) is 0.357. The summed E-state index contributed by atoms with van der Waals surface area (Å²) >= 11 is 1.49. The van der Waals surface area contributed by atoms with Crippen LogP contribution >= 0.6 is 11.3 Å². The molecule has 0 spiro atoms. The monoisotopic (exact) mass is 264 g/mol. The van der Waals surface area contributed by atoms with E-state index in [-0.39, 0.29) is 5.82 Å². The van der Waals surface area contributed by atoms with E-state index in [2.05, 4.69) is 17.2 Å². The molecule has 1 aromatic carbocycles. The normalized spacial score (nSPS) is 10.8. The Balaban J connectivity index is 2.16. The molecular formula is C14H17FN2S. The predicted molar refractivity (Wildman–Crippen MR) is 74.2 cm³/mol. The van der Waals surface area contributed by atoms with Crippen molar-refractivity contribution < 1.29 is 4.39 Å². The Morgan fingerprint density at radius 1 is 1.39 bits per heavy atom. The number of thiazole rings is 1. The molecule has 0 aliphatic carbocycles. The molecule has 0 saturated carbocycles. The molecule has 0 amide bonds. The Labute approximate surface area is 111 Å². The lowest BCUT2D eigenvalue weighted by Crippen LogP contribution is -2.13. The van der Waals surface area contributed by atoms with E-state index in [1.54, 1.807) is 19.1 Å². The molecule has 0 aliphatic heterocycles. The molecule has 1 aromatic heterocycles. The average molecular weight is 264 g/mol. The van der Waals surface area contributed by atoms with E-state index in [9.17, 15) is 4.39 Å². The van der Waals surface area contributed by atoms with Crippen molar-refractivity contribution in [3.63, 3.8) is 0 Å². The molecule has 2 nitrogen and oxygen atoms in total. The minimum atomic E-state index is -0.167. The maximum atomic E-state index is 14.0. The quantitative estimate of drug-likeness (QED) is 0.832. The summed E-state index contributed by atoms with van der Waals surface area (Å²) in [4.78, 5) is 4.47. The molecule has 96 valence electrons. The first-order valence-corrected chi connectivity index (χ1v) is 7.01. The van der Waals surface area contributed by atoms with Gasteiger partial charge in [-0.2, -0.15) is 0 Å². The van der Waals surface area contributed by atoms with Crippen molar-refractivity contribution in [2.45, 2.75) is 26.8 Å². The lowest BCUT2D eigenvalue weighted by Gasteiger charge is -2.02. The maximum absolute atomic E-state index is 14.0. The fourth-order valence-electron chi connectivity index (χ4n) is 1.72. The van der Waals surface area contributed by atoms with Crippen molar-refractivity contribution in [3.8, 4) is 10.6 Å². The van der Waals surface area contributed by atoms with Gasteiger partial charge in [-0.15, -0.1) is 11.3 Å². The zero-order chi connectivity index (χ0) is 13.0. The summed E-state index contributed by atoms with van der Waals surface area (Å²) in [6, 6.07) is 5.42. The van der Waals surface area contributed by atoms with Crippen LogP contribution in [-0.2, 0) is 6.54 Å². The van der Waals surface area contributed by atoms with E-state index < -0.39 is 0 Å². The zero-order valence-electron chi connectivity index (χ0n) is 10.7.